The zero-order valence-corrected chi connectivity index (χ0v) is 12.3. The van der Waals surface area contributed by atoms with E-state index in [-0.39, 0.29) is 0 Å². The molecule has 3 atom stereocenters. The van der Waals surface area contributed by atoms with Crippen molar-refractivity contribution in [2.75, 3.05) is 25.4 Å². The SMILES string of the molecule is CC1CCCN(C2(CN)CCCSC2C)CC1. The zero-order chi connectivity index (χ0) is 12.3. The first-order valence-electron chi connectivity index (χ1n) is 7.26. The second-order valence-corrected chi connectivity index (χ2v) is 7.40. The maximum Gasteiger partial charge on any atom is 0.0447 e. The zero-order valence-electron chi connectivity index (χ0n) is 11.5. The van der Waals surface area contributed by atoms with Gasteiger partial charge in [0.05, 0.1) is 0 Å². The number of nitrogens with zero attached hydrogens (tertiary/aromatic N) is 1. The number of hydrogen-bond donors (Lipinski definition) is 1. The lowest BCUT2D eigenvalue weighted by molar-refractivity contribution is 0.0846. The van der Waals surface area contributed by atoms with Crippen molar-refractivity contribution in [2.24, 2.45) is 11.7 Å². The largest absolute Gasteiger partial charge is 0.329 e. The minimum atomic E-state index is 0.299. The first-order valence-corrected chi connectivity index (χ1v) is 8.30. The normalized spacial score (nSPS) is 41.1. The number of nitrogens with two attached hydrogens (primary N) is 1. The molecule has 3 heteroatoms. The molecule has 2 aliphatic rings. The van der Waals surface area contributed by atoms with E-state index in [9.17, 15) is 0 Å². The molecule has 2 heterocycles. The highest BCUT2D eigenvalue weighted by Crippen LogP contribution is 2.39. The van der Waals surface area contributed by atoms with Gasteiger partial charge in [-0.2, -0.15) is 11.8 Å². The molecule has 0 radical (unpaired) electrons. The lowest BCUT2D eigenvalue weighted by atomic mass is 9.87. The molecule has 0 aromatic heterocycles. The van der Waals surface area contributed by atoms with Crippen LogP contribution in [0, 0.1) is 5.92 Å². The number of thioether (sulfide) groups is 1. The van der Waals surface area contributed by atoms with Gasteiger partial charge < -0.3 is 5.73 Å². The van der Waals surface area contributed by atoms with Crippen LogP contribution < -0.4 is 5.73 Å². The third-order valence-corrected chi connectivity index (χ3v) is 6.34. The topological polar surface area (TPSA) is 29.3 Å². The fraction of sp³-hybridized carbons (Fsp3) is 1.00. The van der Waals surface area contributed by atoms with Crippen LogP contribution in [0.15, 0.2) is 0 Å². The molecule has 0 spiro atoms. The smallest absolute Gasteiger partial charge is 0.0447 e. The molecule has 2 fully saturated rings. The van der Waals surface area contributed by atoms with Crippen molar-refractivity contribution in [3.8, 4) is 0 Å². The van der Waals surface area contributed by atoms with E-state index >= 15 is 0 Å². The van der Waals surface area contributed by atoms with Crippen LogP contribution in [0.4, 0.5) is 0 Å². The molecule has 2 N–H and O–H groups in total. The van der Waals surface area contributed by atoms with E-state index in [4.69, 9.17) is 5.73 Å². The van der Waals surface area contributed by atoms with Crippen molar-refractivity contribution >= 4 is 11.8 Å². The van der Waals surface area contributed by atoms with E-state index in [1.165, 1.54) is 50.9 Å². The van der Waals surface area contributed by atoms with Crippen LogP contribution in [0.5, 0.6) is 0 Å². The van der Waals surface area contributed by atoms with E-state index in [0.717, 1.165) is 12.5 Å². The first-order chi connectivity index (χ1) is 8.19. The Morgan fingerprint density at radius 3 is 2.76 bits per heavy atom. The molecule has 0 aromatic carbocycles. The molecule has 2 aliphatic heterocycles. The molecule has 0 aromatic rings. The van der Waals surface area contributed by atoms with E-state index in [2.05, 4.69) is 30.5 Å². The van der Waals surface area contributed by atoms with Crippen molar-refractivity contribution < 1.29 is 0 Å². The van der Waals surface area contributed by atoms with Crippen molar-refractivity contribution in [1.29, 1.82) is 0 Å². The van der Waals surface area contributed by atoms with Crippen LogP contribution in [0.3, 0.4) is 0 Å². The maximum absolute atomic E-state index is 6.19. The number of rotatable bonds is 2. The summed E-state index contributed by atoms with van der Waals surface area (Å²) in [6.07, 6.45) is 6.78. The van der Waals surface area contributed by atoms with Gasteiger partial charge in [0.1, 0.15) is 0 Å². The van der Waals surface area contributed by atoms with Crippen molar-refractivity contribution in [3.63, 3.8) is 0 Å². The fourth-order valence-corrected chi connectivity index (χ4v) is 4.86. The second-order valence-electron chi connectivity index (χ2n) is 5.95. The van der Waals surface area contributed by atoms with E-state index in [1.807, 2.05) is 0 Å². The highest BCUT2D eigenvalue weighted by molar-refractivity contribution is 8.00. The van der Waals surface area contributed by atoms with Crippen LogP contribution in [-0.4, -0.2) is 41.1 Å². The molecule has 0 bridgehead atoms. The minimum absolute atomic E-state index is 0.299. The predicted molar refractivity (Wildman–Crippen MR) is 77.5 cm³/mol. The Labute approximate surface area is 111 Å². The standard InChI is InChI=1S/C14H28N2S/c1-12-5-3-8-16(9-6-12)14(11-15)7-4-10-17-13(14)2/h12-13H,3-11,15H2,1-2H3. The van der Waals surface area contributed by atoms with Crippen LogP contribution in [-0.2, 0) is 0 Å². The van der Waals surface area contributed by atoms with Gasteiger partial charge in [-0.1, -0.05) is 13.8 Å². The van der Waals surface area contributed by atoms with Gasteiger partial charge in [0.2, 0.25) is 0 Å². The summed E-state index contributed by atoms with van der Waals surface area (Å²) in [4.78, 5) is 2.74. The van der Waals surface area contributed by atoms with E-state index < -0.39 is 0 Å². The lowest BCUT2D eigenvalue weighted by Gasteiger charge is -2.49. The Hall–Kier alpha value is 0.270. The molecule has 0 amide bonds. The number of likely N-dealkylation sites (tertiary alicyclic amines) is 1. The quantitative estimate of drug-likeness (QED) is 0.824. The summed E-state index contributed by atoms with van der Waals surface area (Å²) in [5.41, 5.74) is 6.49. The number of hydrogen-bond acceptors (Lipinski definition) is 3. The molecule has 3 unspecified atom stereocenters. The summed E-state index contributed by atoms with van der Waals surface area (Å²) in [6, 6.07) is 0. The molecule has 17 heavy (non-hydrogen) atoms. The molecule has 2 saturated heterocycles. The van der Waals surface area contributed by atoms with Gasteiger partial charge in [-0.05, 0) is 56.9 Å². The van der Waals surface area contributed by atoms with Gasteiger partial charge in [0, 0.05) is 17.3 Å². The second kappa shape index (κ2) is 5.94. The van der Waals surface area contributed by atoms with Crippen LogP contribution in [0.1, 0.15) is 46.0 Å². The van der Waals surface area contributed by atoms with Gasteiger partial charge >= 0.3 is 0 Å². The van der Waals surface area contributed by atoms with Gasteiger partial charge in [-0.3, -0.25) is 4.90 Å². The van der Waals surface area contributed by atoms with Crippen molar-refractivity contribution in [3.05, 3.63) is 0 Å². The highest BCUT2D eigenvalue weighted by atomic mass is 32.2. The fourth-order valence-electron chi connectivity index (χ4n) is 3.52. The van der Waals surface area contributed by atoms with Crippen molar-refractivity contribution in [2.45, 2.75) is 56.7 Å². The maximum atomic E-state index is 6.19. The Balaban J connectivity index is 2.10. The molecule has 0 aliphatic carbocycles. The summed E-state index contributed by atoms with van der Waals surface area (Å²) < 4.78 is 0. The van der Waals surface area contributed by atoms with Crippen LogP contribution in [0.2, 0.25) is 0 Å². The summed E-state index contributed by atoms with van der Waals surface area (Å²) in [7, 11) is 0. The van der Waals surface area contributed by atoms with Crippen LogP contribution >= 0.6 is 11.8 Å². The van der Waals surface area contributed by atoms with Gasteiger partial charge in [-0.15, -0.1) is 0 Å². The molecular formula is C14H28N2S. The average molecular weight is 256 g/mol. The first kappa shape index (κ1) is 13.7. The Morgan fingerprint density at radius 2 is 2.06 bits per heavy atom. The van der Waals surface area contributed by atoms with Crippen molar-refractivity contribution in [1.82, 2.24) is 4.90 Å². The summed E-state index contributed by atoms with van der Waals surface area (Å²) in [6.45, 7) is 8.17. The molecule has 100 valence electrons. The lowest BCUT2D eigenvalue weighted by Crippen LogP contribution is -2.61. The predicted octanol–water partition coefficient (Wildman–Crippen LogP) is 2.72. The van der Waals surface area contributed by atoms with Gasteiger partial charge in [0.25, 0.3) is 0 Å². The summed E-state index contributed by atoms with van der Waals surface area (Å²) in [5.74, 6) is 2.23. The Bertz CT molecular complexity index is 246. The van der Waals surface area contributed by atoms with Gasteiger partial charge in [-0.25, -0.2) is 0 Å². The summed E-state index contributed by atoms with van der Waals surface area (Å²) in [5, 5.41) is 0.703. The summed E-state index contributed by atoms with van der Waals surface area (Å²) >= 11 is 2.13. The third-order valence-electron chi connectivity index (χ3n) is 4.88. The third kappa shape index (κ3) is 2.82. The van der Waals surface area contributed by atoms with Gasteiger partial charge in [0.15, 0.2) is 0 Å². The Kier molecular flexibility index (Phi) is 4.79. The highest BCUT2D eigenvalue weighted by Gasteiger charge is 2.42. The average Bonchev–Trinajstić information content (AvgIpc) is 2.55. The minimum Gasteiger partial charge on any atom is -0.329 e. The Morgan fingerprint density at radius 1 is 1.24 bits per heavy atom. The van der Waals surface area contributed by atoms with E-state index in [1.54, 1.807) is 0 Å². The molecule has 2 nitrogen and oxygen atoms in total. The monoisotopic (exact) mass is 256 g/mol. The molecular weight excluding hydrogens is 228 g/mol. The molecule has 2 rings (SSSR count). The van der Waals surface area contributed by atoms with E-state index in [0.29, 0.717) is 10.8 Å². The molecule has 0 saturated carbocycles. The van der Waals surface area contributed by atoms with Crippen LogP contribution in [0.25, 0.3) is 0 Å².